The first-order chi connectivity index (χ1) is 19.9. The van der Waals surface area contributed by atoms with Gasteiger partial charge in [0.15, 0.2) is 5.60 Å². The molecule has 0 spiro atoms. The highest BCUT2D eigenvalue weighted by Gasteiger charge is 2.45. The molecule has 3 rings (SSSR count). The molecule has 1 unspecified atom stereocenters. The number of likely N-dealkylation sites (tertiary alicyclic amines) is 1. The van der Waals surface area contributed by atoms with Gasteiger partial charge in [-0.2, -0.15) is 13.2 Å². The third kappa shape index (κ3) is 8.33. The molecule has 0 N–H and O–H groups in total. The lowest BCUT2D eigenvalue weighted by Gasteiger charge is -2.40. The van der Waals surface area contributed by atoms with Crippen LogP contribution in [-0.2, 0) is 20.4 Å². The van der Waals surface area contributed by atoms with E-state index in [1.807, 2.05) is 0 Å². The summed E-state index contributed by atoms with van der Waals surface area (Å²) in [6.45, 7) is 13.0. The number of nitrogens with zero attached hydrogens (tertiary/aromatic N) is 3. The zero-order valence-electron chi connectivity index (χ0n) is 26.6. The summed E-state index contributed by atoms with van der Waals surface area (Å²) in [5, 5.41) is 0. The van der Waals surface area contributed by atoms with Crippen LogP contribution in [0.25, 0.3) is 0 Å². The van der Waals surface area contributed by atoms with Crippen LogP contribution < -0.4 is 9.64 Å². The molecule has 0 aliphatic carbocycles. The van der Waals surface area contributed by atoms with Gasteiger partial charge in [-0.15, -0.1) is 0 Å². The number of anilines is 1. The maximum atomic E-state index is 14.5. The van der Waals surface area contributed by atoms with Gasteiger partial charge < -0.3 is 28.9 Å². The zero-order chi connectivity index (χ0) is 32.3. The van der Waals surface area contributed by atoms with E-state index in [1.165, 1.54) is 28.5 Å². The van der Waals surface area contributed by atoms with Gasteiger partial charge in [0.1, 0.15) is 11.4 Å². The van der Waals surface area contributed by atoms with E-state index in [9.17, 15) is 27.6 Å². The predicted octanol–water partition coefficient (Wildman–Crippen LogP) is 6.28. The van der Waals surface area contributed by atoms with Crippen molar-refractivity contribution in [2.45, 2.75) is 110 Å². The van der Waals surface area contributed by atoms with Crippen LogP contribution in [0.2, 0.25) is 0 Å². The van der Waals surface area contributed by atoms with E-state index < -0.39 is 58.5 Å². The lowest BCUT2D eigenvalue weighted by molar-refractivity contribution is -0.138. The Morgan fingerprint density at radius 1 is 1.14 bits per heavy atom. The van der Waals surface area contributed by atoms with Crippen LogP contribution in [-0.4, -0.2) is 84.3 Å². The number of hydrogen-bond acceptors (Lipinski definition) is 6. The van der Waals surface area contributed by atoms with Crippen molar-refractivity contribution in [2.24, 2.45) is 0 Å². The molecule has 1 fully saturated rings. The number of carbonyl (C=O) groups excluding carboxylic acids is 3. The molecule has 3 amide bonds. The Balaban J connectivity index is 2.07. The van der Waals surface area contributed by atoms with Crippen molar-refractivity contribution < 1.29 is 41.8 Å². The zero-order valence-corrected chi connectivity index (χ0v) is 26.6. The molecule has 0 aromatic heterocycles. The molecule has 2 aliphatic heterocycles. The second kappa shape index (κ2) is 13.3. The van der Waals surface area contributed by atoms with E-state index in [2.05, 4.69) is 0 Å². The fraction of sp³-hybridized carbons (Fsp3) is 0.710. The average molecular weight is 614 g/mol. The van der Waals surface area contributed by atoms with Gasteiger partial charge in [0.25, 0.3) is 11.8 Å². The van der Waals surface area contributed by atoms with Gasteiger partial charge in [0, 0.05) is 39.4 Å². The van der Waals surface area contributed by atoms with E-state index >= 15 is 0 Å². The van der Waals surface area contributed by atoms with Crippen molar-refractivity contribution >= 4 is 23.6 Å². The lowest BCUT2D eigenvalue weighted by atomic mass is 9.97. The highest BCUT2D eigenvalue weighted by atomic mass is 19.4. The van der Waals surface area contributed by atoms with Gasteiger partial charge >= 0.3 is 12.3 Å². The van der Waals surface area contributed by atoms with E-state index in [0.717, 1.165) is 12.1 Å². The topological polar surface area (TPSA) is 88.6 Å². The van der Waals surface area contributed by atoms with Crippen molar-refractivity contribution in [3.8, 4) is 5.75 Å². The monoisotopic (exact) mass is 613 g/mol. The van der Waals surface area contributed by atoms with Crippen molar-refractivity contribution in [2.75, 3.05) is 38.3 Å². The average Bonchev–Trinajstić information content (AvgIpc) is 3.12. The number of halogens is 3. The fourth-order valence-electron chi connectivity index (χ4n) is 5.56. The number of carbonyl (C=O) groups is 3. The molecule has 9 nitrogen and oxygen atoms in total. The first kappa shape index (κ1) is 34.5. The van der Waals surface area contributed by atoms with Crippen molar-refractivity contribution in [3.05, 3.63) is 23.3 Å². The quantitative estimate of drug-likeness (QED) is 0.321. The highest BCUT2D eigenvalue weighted by molar-refractivity contribution is 6.05. The van der Waals surface area contributed by atoms with Crippen molar-refractivity contribution in [1.29, 1.82) is 0 Å². The van der Waals surface area contributed by atoms with Crippen molar-refractivity contribution in [3.63, 3.8) is 0 Å². The Bertz CT molecular complexity index is 1180. The maximum absolute atomic E-state index is 14.5. The number of hydrogen-bond donors (Lipinski definition) is 0. The molecule has 2 heterocycles. The number of fused-ring (bicyclic) bond motifs is 1. The summed E-state index contributed by atoms with van der Waals surface area (Å²) in [6.07, 6.45) is -2.34. The van der Waals surface area contributed by atoms with E-state index in [4.69, 9.17) is 14.2 Å². The van der Waals surface area contributed by atoms with Crippen LogP contribution in [0.1, 0.15) is 96.5 Å². The minimum absolute atomic E-state index is 0.109. The summed E-state index contributed by atoms with van der Waals surface area (Å²) in [5.41, 5.74) is -3.69. The molecular formula is C31H46F3N3O6. The lowest BCUT2D eigenvalue weighted by Crippen LogP contribution is -2.53. The number of ether oxygens (including phenoxy) is 3. The summed E-state index contributed by atoms with van der Waals surface area (Å²) >= 11 is 0. The molecule has 242 valence electrons. The molecule has 1 aromatic carbocycles. The molecule has 0 bridgehead atoms. The maximum Gasteiger partial charge on any atom is 0.417 e. The molecule has 12 heteroatoms. The van der Waals surface area contributed by atoms with Gasteiger partial charge in [-0.1, -0.05) is 0 Å². The predicted molar refractivity (Wildman–Crippen MR) is 156 cm³/mol. The number of alkyl halides is 3. The number of rotatable bonds is 8. The third-order valence-corrected chi connectivity index (χ3v) is 7.51. The third-order valence-electron chi connectivity index (χ3n) is 7.51. The molecule has 1 aromatic rings. The Morgan fingerprint density at radius 2 is 1.81 bits per heavy atom. The van der Waals surface area contributed by atoms with Crippen LogP contribution in [0.3, 0.4) is 0 Å². The van der Waals surface area contributed by atoms with E-state index in [0.29, 0.717) is 45.3 Å². The minimum atomic E-state index is -4.87. The first-order valence-corrected chi connectivity index (χ1v) is 14.9. The number of benzene rings is 1. The molecule has 1 saturated heterocycles. The van der Waals surface area contributed by atoms with E-state index in [-0.39, 0.29) is 24.5 Å². The van der Waals surface area contributed by atoms with Gasteiger partial charge in [0.2, 0.25) is 0 Å². The standard InChI is InChI=1S/C31H46F3N3O6/c1-20(2)37(21-13-9-10-14-35(19-21)28(40)43-29(3,4)5)26(38)22-17-24-25(18-23(22)31(32,33)34)42-30(6,7)27(39)36(24)15-11-12-16-41-8/h17-18,20-21H,9-16,19H2,1-8H3. The van der Waals surface area contributed by atoms with Gasteiger partial charge in [-0.3, -0.25) is 9.59 Å². The molecule has 1 atom stereocenters. The summed E-state index contributed by atoms with van der Waals surface area (Å²) in [4.78, 5) is 44.9. The number of unbranched alkanes of at least 4 members (excludes halogenated alkanes) is 1. The van der Waals surface area contributed by atoms with Gasteiger partial charge in [-0.05, 0) is 92.7 Å². The van der Waals surface area contributed by atoms with Crippen LogP contribution in [0.4, 0.5) is 23.7 Å². The fourth-order valence-corrected chi connectivity index (χ4v) is 5.56. The Labute approximate surface area is 252 Å². The Hall–Kier alpha value is -3.02. The second-order valence-electron chi connectivity index (χ2n) is 13.0. The molecule has 0 saturated carbocycles. The Morgan fingerprint density at radius 3 is 2.40 bits per heavy atom. The number of methoxy groups -OCH3 is 1. The van der Waals surface area contributed by atoms with Gasteiger partial charge in [0.05, 0.1) is 22.9 Å². The number of amides is 3. The molecule has 0 radical (unpaired) electrons. The van der Waals surface area contributed by atoms with Crippen LogP contribution in [0.5, 0.6) is 5.75 Å². The SMILES string of the molecule is COCCCCN1C(=O)C(C)(C)Oc2cc(C(F)(F)F)c(C(=O)N(C(C)C)C3CCCCN(C(=O)OC(C)(C)C)C3)cc21. The smallest absolute Gasteiger partial charge is 0.417 e. The first-order valence-electron chi connectivity index (χ1n) is 14.9. The molecule has 43 heavy (non-hydrogen) atoms. The summed E-state index contributed by atoms with van der Waals surface area (Å²) in [6, 6.07) is 0.955. The summed E-state index contributed by atoms with van der Waals surface area (Å²) in [7, 11) is 1.57. The summed E-state index contributed by atoms with van der Waals surface area (Å²) in [5.74, 6) is -1.34. The van der Waals surface area contributed by atoms with Crippen molar-refractivity contribution in [1.82, 2.24) is 9.80 Å². The molecular weight excluding hydrogens is 567 g/mol. The van der Waals surface area contributed by atoms with Crippen LogP contribution in [0.15, 0.2) is 12.1 Å². The largest absolute Gasteiger partial charge is 0.476 e. The second-order valence-corrected chi connectivity index (χ2v) is 13.0. The van der Waals surface area contributed by atoms with Crippen LogP contribution in [0, 0.1) is 0 Å². The van der Waals surface area contributed by atoms with Crippen LogP contribution >= 0.6 is 0 Å². The summed E-state index contributed by atoms with van der Waals surface area (Å²) < 4.78 is 60.1. The molecule has 2 aliphatic rings. The Kier molecular flexibility index (Phi) is 10.7. The van der Waals surface area contributed by atoms with E-state index in [1.54, 1.807) is 41.7 Å². The normalized spacial score (nSPS) is 19.1. The highest BCUT2D eigenvalue weighted by Crippen LogP contribution is 2.44. The minimum Gasteiger partial charge on any atom is -0.476 e. The van der Waals surface area contributed by atoms with Gasteiger partial charge in [-0.25, -0.2) is 4.79 Å².